The van der Waals surface area contributed by atoms with Gasteiger partial charge in [-0.2, -0.15) is 0 Å². The Kier molecular flexibility index (Phi) is 4.59. The fourth-order valence-electron chi connectivity index (χ4n) is 1.14. The second-order valence-corrected chi connectivity index (χ2v) is 3.59. The fourth-order valence-corrected chi connectivity index (χ4v) is 1.31. The maximum atomic E-state index is 11.6. The second kappa shape index (κ2) is 5.95. The van der Waals surface area contributed by atoms with E-state index < -0.39 is 12.0 Å². The van der Waals surface area contributed by atoms with Gasteiger partial charge in [-0.1, -0.05) is 11.6 Å². The first-order valence-electron chi connectivity index (χ1n) is 4.76. The molecule has 92 valence electrons. The number of carbonyl (C=O) groups is 2. The standard InChI is InChI=1S/C10H12ClN3O3/c11-6-1-2-8(12)7(5-6)9(15)14-3-4-17-10(13)16/h1-2,5H,3-4,12H2,(H2,13,16)(H,14,15). The molecule has 0 bridgehead atoms. The summed E-state index contributed by atoms with van der Waals surface area (Å²) in [5.41, 5.74) is 11.0. The van der Waals surface area contributed by atoms with Gasteiger partial charge in [0.25, 0.3) is 5.91 Å². The molecule has 2 amide bonds. The molecule has 0 unspecified atom stereocenters. The summed E-state index contributed by atoms with van der Waals surface area (Å²) in [5.74, 6) is -0.391. The number of nitrogen functional groups attached to an aromatic ring is 1. The molecule has 1 aromatic rings. The second-order valence-electron chi connectivity index (χ2n) is 3.15. The molecule has 0 aliphatic heterocycles. The van der Waals surface area contributed by atoms with Gasteiger partial charge < -0.3 is 21.5 Å². The van der Waals surface area contributed by atoms with Gasteiger partial charge in [0.2, 0.25) is 0 Å². The Hall–Kier alpha value is -1.95. The average molecular weight is 258 g/mol. The Morgan fingerprint density at radius 2 is 2.12 bits per heavy atom. The molecule has 1 rings (SSSR count). The van der Waals surface area contributed by atoms with E-state index in [0.29, 0.717) is 10.7 Å². The van der Waals surface area contributed by atoms with E-state index in [-0.39, 0.29) is 18.7 Å². The topological polar surface area (TPSA) is 107 Å². The van der Waals surface area contributed by atoms with E-state index in [1.165, 1.54) is 12.1 Å². The third-order valence-electron chi connectivity index (χ3n) is 1.89. The molecule has 0 aliphatic carbocycles. The van der Waals surface area contributed by atoms with Crippen LogP contribution < -0.4 is 16.8 Å². The number of primary amides is 1. The zero-order valence-corrected chi connectivity index (χ0v) is 9.66. The van der Waals surface area contributed by atoms with E-state index in [0.717, 1.165) is 0 Å². The lowest BCUT2D eigenvalue weighted by Crippen LogP contribution is -2.29. The number of carbonyl (C=O) groups excluding carboxylic acids is 2. The number of ether oxygens (including phenoxy) is 1. The van der Waals surface area contributed by atoms with Crippen molar-refractivity contribution in [3.63, 3.8) is 0 Å². The molecular weight excluding hydrogens is 246 g/mol. The van der Waals surface area contributed by atoms with Gasteiger partial charge in [0.15, 0.2) is 0 Å². The molecule has 0 spiro atoms. The highest BCUT2D eigenvalue weighted by atomic mass is 35.5. The number of hydrogen-bond acceptors (Lipinski definition) is 4. The largest absolute Gasteiger partial charge is 0.448 e. The van der Waals surface area contributed by atoms with Crippen LogP contribution in [0.3, 0.4) is 0 Å². The van der Waals surface area contributed by atoms with E-state index in [2.05, 4.69) is 10.1 Å². The third-order valence-corrected chi connectivity index (χ3v) is 2.13. The van der Waals surface area contributed by atoms with Gasteiger partial charge in [0.05, 0.1) is 12.1 Å². The van der Waals surface area contributed by atoms with Crippen LogP contribution >= 0.6 is 11.6 Å². The number of nitrogens with one attached hydrogen (secondary N) is 1. The van der Waals surface area contributed by atoms with Crippen molar-refractivity contribution >= 4 is 29.3 Å². The number of rotatable bonds is 4. The van der Waals surface area contributed by atoms with Gasteiger partial charge in [0, 0.05) is 10.7 Å². The molecule has 7 heteroatoms. The van der Waals surface area contributed by atoms with Crippen LogP contribution in [-0.4, -0.2) is 25.2 Å². The lowest BCUT2D eigenvalue weighted by atomic mass is 10.1. The smallest absolute Gasteiger partial charge is 0.404 e. The summed E-state index contributed by atoms with van der Waals surface area (Å²) < 4.78 is 4.45. The van der Waals surface area contributed by atoms with Crippen LogP contribution in [0, 0.1) is 0 Å². The van der Waals surface area contributed by atoms with Crippen LogP contribution in [0.25, 0.3) is 0 Å². The van der Waals surface area contributed by atoms with Crippen LogP contribution in [0.15, 0.2) is 18.2 Å². The van der Waals surface area contributed by atoms with Crippen molar-refractivity contribution in [1.82, 2.24) is 5.32 Å². The third kappa shape index (κ3) is 4.20. The molecule has 0 saturated heterocycles. The first-order valence-corrected chi connectivity index (χ1v) is 5.14. The van der Waals surface area contributed by atoms with Gasteiger partial charge in [-0.3, -0.25) is 4.79 Å². The van der Waals surface area contributed by atoms with E-state index in [1.54, 1.807) is 6.07 Å². The Bertz CT molecular complexity index is 437. The van der Waals surface area contributed by atoms with Crippen molar-refractivity contribution in [2.45, 2.75) is 0 Å². The van der Waals surface area contributed by atoms with Gasteiger partial charge in [-0.25, -0.2) is 4.79 Å². The number of hydrogen-bond donors (Lipinski definition) is 3. The minimum Gasteiger partial charge on any atom is -0.448 e. The van der Waals surface area contributed by atoms with Crippen molar-refractivity contribution in [3.8, 4) is 0 Å². The van der Waals surface area contributed by atoms with E-state index in [1.807, 2.05) is 0 Å². The molecule has 6 nitrogen and oxygen atoms in total. The molecule has 0 aromatic heterocycles. The Balaban J connectivity index is 2.52. The summed E-state index contributed by atoms with van der Waals surface area (Å²) in [6.45, 7) is 0.148. The number of amides is 2. The summed E-state index contributed by atoms with van der Waals surface area (Å²) in [7, 11) is 0. The fraction of sp³-hybridized carbons (Fsp3) is 0.200. The van der Waals surface area contributed by atoms with E-state index in [9.17, 15) is 9.59 Å². The number of anilines is 1. The Morgan fingerprint density at radius 1 is 1.41 bits per heavy atom. The lowest BCUT2D eigenvalue weighted by molar-refractivity contribution is 0.0937. The van der Waals surface area contributed by atoms with E-state index >= 15 is 0 Å². The SMILES string of the molecule is NC(=O)OCCNC(=O)c1cc(Cl)ccc1N. The first kappa shape index (κ1) is 13.1. The average Bonchev–Trinajstić information content (AvgIpc) is 2.27. The zero-order chi connectivity index (χ0) is 12.8. The monoisotopic (exact) mass is 257 g/mol. The summed E-state index contributed by atoms with van der Waals surface area (Å²) in [5, 5.41) is 2.93. The molecular formula is C10H12ClN3O3. The molecule has 5 N–H and O–H groups in total. The maximum absolute atomic E-state index is 11.6. The highest BCUT2D eigenvalue weighted by molar-refractivity contribution is 6.31. The van der Waals surface area contributed by atoms with Crippen molar-refractivity contribution < 1.29 is 14.3 Å². The van der Waals surface area contributed by atoms with E-state index in [4.69, 9.17) is 23.1 Å². The molecule has 0 fully saturated rings. The predicted octanol–water partition coefficient (Wildman–Crippen LogP) is 0.747. The quantitative estimate of drug-likeness (QED) is 0.546. The summed E-state index contributed by atoms with van der Waals surface area (Å²) in [4.78, 5) is 21.9. The minimum atomic E-state index is -0.887. The summed E-state index contributed by atoms with van der Waals surface area (Å²) in [6.07, 6.45) is -0.887. The molecule has 0 heterocycles. The zero-order valence-electron chi connectivity index (χ0n) is 8.90. The number of nitrogens with two attached hydrogens (primary N) is 2. The highest BCUT2D eigenvalue weighted by Gasteiger charge is 2.09. The summed E-state index contributed by atoms with van der Waals surface area (Å²) >= 11 is 5.74. The van der Waals surface area contributed by atoms with Crippen molar-refractivity contribution in [3.05, 3.63) is 28.8 Å². The molecule has 1 aromatic carbocycles. The van der Waals surface area contributed by atoms with Crippen LogP contribution in [0.4, 0.5) is 10.5 Å². The van der Waals surface area contributed by atoms with Crippen LogP contribution in [0.5, 0.6) is 0 Å². The molecule has 0 saturated carbocycles. The Morgan fingerprint density at radius 3 is 2.76 bits per heavy atom. The van der Waals surface area contributed by atoms with Crippen LogP contribution in [-0.2, 0) is 4.74 Å². The van der Waals surface area contributed by atoms with Crippen molar-refractivity contribution in [1.29, 1.82) is 0 Å². The number of benzene rings is 1. The van der Waals surface area contributed by atoms with Gasteiger partial charge in [0.1, 0.15) is 6.61 Å². The Labute approximate surface area is 103 Å². The van der Waals surface area contributed by atoms with Gasteiger partial charge >= 0.3 is 6.09 Å². The molecule has 0 radical (unpaired) electrons. The minimum absolute atomic E-state index is 0.00153. The van der Waals surface area contributed by atoms with Crippen LogP contribution in [0.1, 0.15) is 10.4 Å². The number of halogens is 1. The molecule has 17 heavy (non-hydrogen) atoms. The normalized spacial score (nSPS) is 9.71. The van der Waals surface area contributed by atoms with Gasteiger partial charge in [-0.15, -0.1) is 0 Å². The van der Waals surface area contributed by atoms with Crippen molar-refractivity contribution in [2.75, 3.05) is 18.9 Å². The summed E-state index contributed by atoms with van der Waals surface area (Å²) in [6, 6.07) is 4.59. The predicted molar refractivity (Wildman–Crippen MR) is 63.7 cm³/mol. The highest BCUT2D eigenvalue weighted by Crippen LogP contribution is 2.17. The van der Waals surface area contributed by atoms with Crippen LogP contribution in [0.2, 0.25) is 5.02 Å². The maximum Gasteiger partial charge on any atom is 0.404 e. The lowest BCUT2D eigenvalue weighted by Gasteiger charge is -2.07. The van der Waals surface area contributed by atoms with Crippen molar-refractivity contribution in [2.24, 2.45) is 5.73 Å². The molecule has 0 aliphatic rings. The van der Waals surface area contributed by atoms with Gasteiger partial charge in [-0.05, 0) is 18.2 Å². The first-order chi connectivity index (χ1) is 8.00. The molecule has 0 atom stereocenters.